The third-order valence-corrected chi connectivity index (χ3v) is 12.1. The maximum absolute atomic E-state index is 12.0. The van der Waals surface area contributed by atoms with Crippen LogP contribution < -0.4 is 37.1 Å². The van der Waals surface area contributed by atoms with Gasteiger partial charge in [0.05, 0.1) is 44.6 Å². The molecule has 4 fully saturated rings. The molecule has 0 radical (unpaired) electrons. The number of anilines is 1. The van der Waals surface area contributed by atoms with E-state index in [9.17, 15) is 20.1 Å². The summed E-state index contributed by atoms with van der Waals surface area (Å²) in [5, 5.41) is 39.1. The number of aliphatic hydroxyl groups excluding tert-OH is 1. The number of nitrogens with one attached hydrogen (secondary N) is 2. The number of nitrogens with zero attached hydrogens (tertiary/aromatic N) is 1. The molecular formula is C42H56BrN3O7. The van der Waals surface area contributed by atoms with Gasteiger partial charge in [-0.05, 0) is 61.4 Å². The van der Waals surface area contributed by atoms with E-state index in [1.54, 1.807) is 0 Å². The van der Waals surface area contributed by atoms with Gasteiger partial charge < -0.3 is 61.6 Å². The van der Waals surface area contributed by atoms with E-state index in [-0.39, 0.29) is 59.9 Å². The summed E-state index contributed by atoms with van der Waals surface area (Å²) >= 11 is 0. The number of hydrogen-bond donors (Lipinski definition) is 5. The highest BCUT2D eigenvalue weighted by Gasteiger charge is 2.48. The highest BCUT2D eigenvalue weighted by atomic mass is 79.9. The Morgan fingerprint density at radius 2 is 1.77 bits per heavy atom. The first kappa shape index (κ1) is 39.5. The lowest BCUT2D eigenvalue weighted by Crippen LogP contribution is -3.00. The predicted octanol–water partition coefficient (Wildman–Crippen LogP) is 2.45. The molecule has 1 unspecified atom stereocenters. The Hall–Kier alpha value is -3.19. The number of benzene rings is 3. The topological polar surface area (TPSA) is 130 Å². The molecule has 2 bridgehead atoms. The SMILES string of the molecule is CC(Cc1ccc(OCCC[N+]23CCC(CC2)[C@@H](OC[C@@](O)(c2ccccc2)C2CCCC2)C3)cc1)NC[C@H](O)c1cc(O)cc2c1OCC(=O)N2.[Br-]. The lowest BCUT2D eigenvalue weighted by atomic mass is 9.80. The molecule has 4 aliphatic heterocycles. The van der Waals surface area contributed by atoms with E-state index in [0.29, 0.717) is 36.1 Å². The molecule has 0 aromatic heterocycles. The van der Waals surface area contributed by atoms with Crippen LogP contribution in [0.3, 0.4) is 0 Å². The van der Waals surface area contributed by atoms with Crippen LogP contribution in [-0.2, 0) is 21.6 Å². The van der Waals surface area contributed by atoms with Crippen LogP contribution in [0, 0.1) is 11.8 Å². The van der Waals surface area contributed by atoms with Crippen LogP contribution in [0.4, 0.5) is 5.69 Å². The monoisotopic (exact) mass is 793 g/mol. The molecule has 10 nitrogen and oxygen atoms in total. The van der Waals surface area contributed by atoms with Crippen LogP contribution in [0.15, 0.2) is 66.7 Å². The second-order valence-corrected chi connectivity index (χ2v) is 15.8. The fourth-order valence-corrected chi connectivity index (χ4v) is 9.15. The van der Waals surface area contributed by atoms with Gasteiger partial charge in [0.25, 0.3) is 5.91 Å². The molecule has 3 aromatic carbocycles. The number of quaternary nitrogens is 1. The Kier molecular flexibility index (Phi) is 13.1. The van der Waals surface area contributed by atoms with Crippen LogP contribution in [0.1, 0.15) is 74.7 Å². The number of phenols is 1. The third kappa shape index (κ3) is 9.37. The first-order valence-corrected chi connectivity index (χ1v) is 19.4. The average Bonchev–Trinajstić information content (AvgIpc) is 3.72. The van der Waals surface area contributed by atoms with Crippen molar-refractivity contribution in [1.82, 2.24) is 5.32 Å². The second-order valence-electron chi connectivity index (χ2n) is 15.8. The second kappa shape index (κ2) is 17.5. The normalized spacial score (nSPS) is 24.6. The van der Waals surface area contributed by atoms with Gasteiger partial charge in [-0.15, -0.1) is 0 Å². The van der Waals surface area contributed by atoms with Gasteiger partial charge in [-0.3, -0.25) is 4.79 Å². The van der Waals surface area contributed by atoms with Gasteiger partial charge in [0.15, 0.2) is 6.61 Å². The number of aromatic hydroxyl groups is 1. The molecule has 4 heterocycles. The van der Waals surface area contributed by atoms with E-state index >= 15 is 0 Å². The number of piperidine rings is 3. The molecule has 3 saturated heterocycles. The molecule has 1 aliphatic carbocycles. The van der Waals surface area contributed by atoms with Crippen molar-refractivity contribution in [3.05, 3.63) is 83.4 Å². The van der Waals surface area contributed by atoms with E-state index in [2.05, 4.69) is 41.8 Å². The van der Waals surface area contributed by atoms with Gasteiger partial charge in [-0.25, -0.2) is 0 Å². The summed E-state index contributed by atoms with van der Waals surface area (Å²) in [4.78, 5) is 11.7. The summed E-state index contributed by atoms with van der Waals surface area (Å²) < 4.78 is 19.6. The molecule has 1 saturated carbocycles. The molecule has 3 aromatic rings. The van der Waals surface area contributed by atoms with Gasteiger partial charge in [0.1, 0.15) is 35.5 Å². The summed E-state index contributed by atoms with van der Waals surface area (Å²) in [6.45, 7) is 7.78. The van der Waals surface area contributed by atoms with E-state index in [4.69, 9.17) is 14.2 Å². The molecule has 8 rings (SSSR count). The Morgan fingerprint density at radius 3 is 2.51 bits per heavy atom. The molecule has 53 heavy (non-hydrogen) atoms. The molecule has 288 valence electrons. The van der Waals surface area contributed by atoms with Crippen molar-refractivity contribution in [3.8, 4) is 17.2 Å². The quantitative estimate of drug-likeness (QED) is 0.111. The summed E-state index contributed by atoms with van der Waals surface area (Å²) in [7, 11) is 0. The average molecular weight is 795 g/mol. The lowest BCUT2D eigenvalue weighted by molar-refractivity contribution is -0.946. The van der Waals surface area contributed by atoms with E-state index < -0.39 is 11.7 Å². The van der Waals surface area contributed by atoms with Crippen LogP contribution in [0.25, 0.3) is 0 Å². The molecule has 0 spiro atoms. The zero-order valence-corrected chi connectivity index (χ0v) is 32.4. The minimum atomic E-state index is -0.921. The number of phenolic OH excluding ortho intramolecular Hbond substituents is 1. The van der Waals surface area contributed by atoms with Crippen molar-refractivity contribution in [1.29, 1.82) is 0 Å². The maximum Gasteiger partial charge on any atom is 0.262 e. The number of carbonyl (C=O) groups excluding carboxylic acids is 1. The van der Waals surface area contributed by atoms with Crippen molar-refractivity contribution in [2.75, 3.05) is 57.9 Å². The Labute approximate surface area is 324 Å². The van der Waals surface area contributed by atoms with Gasteiger partial charge in [-0.2, -0.15) is 0 Å². The summed E-state index contributed by atoms with van der Waals surface area (Å²) in [6.07, 6.45) is 7.92. The van der Waals surface area contributed by atoms with Gasteiger partial charge in [0, 0.05) is 49.4 Å². The fourth-order valence-electron chi connectivity index (χ4n) is 9.15. The molecule has 11 heteroatoms. The highest BCUT2D eigenvalue weighted by Crippen LogP contribution is 2.43. The standard InChI is InChI=1S/C42H55N3O7.BrH/c1-29(43-25-38(47)36-23-34(46)24-37-41(36)51-27-40(48)44-37)22-30-12-14-35(15-13-30)50-21-7-18-45-19-16-31(17-20-45)39(26-45)52-28-42(49,33-10-5-6-11-33)32-8-3-2-4-9-32;/h2-4,8-9,12-15,23-24,29,31,33,38-39,43,47,49H,5-7,10-11,16-22,25-28H2,1H3,(H-,44,46,48);1H/t29?,31?,38-,39-,42+,45?;/m0./s1. The number of fused-ring (bicyclic) bond motifs is 4. The number of rotatable bonds is 16. The summed E-state index contributed by atoms with van der Waals surface area (Å²) in [6, 6.07) is 21.4. The van der Waals surface area contributed by atoms with Crippen molar-refractivity contribution in [3.63, 3.8) is 0 Å². The Balaban J connectivity index is 0.00000481. The number of aliphatic hydroxyl groups is 2. The van der Waals surface area contributed by atoms with Crippen molar-refractivity contribution in [2.24, 2.45) is 11.8 Å². The molecule has 5 aliphatic rings. The minimum Gasteiger partial charge on any atom is -1.00 e. The summed E-state index contributed by atoms with van der Waals surface area (Å²) in [5.41, 5.74) is 2.04. The molecular weight excluding hydrogens is 738 g/mol. The maximum atomic E-state index is 12.0. The van der Waals surface area contributed by atoms with Crippen molar-refractivity contribution in [2.45, 2.75) is 82.1 Å². The zero-order valence-electron chi connectivity index (χ0n) is 30.9. The van der Waals surface area contributed by atoms with Crippen LogP contribution in [-0.4, -0.2) is 90.4 Å². The smallest absolute Gasteiger partial charge is 0.262 e. The minimum absolute atomic E-state index is 0. The largest absolute Gasteiger partial charge is 1.00 e. The third-order valence-electron chi connectivity index (χ3n) is 12.1. The van der Waals surface area contributed by atoms with E-state index in [0.717, 1.165) is 60.1 Å². The van der Waals surface area contributed by atoms with Crippen LogP contribution >= 0.6 is 0 Å². The van der Waals surface area contributed by atoms with E-state index in [1.807, 2.05) is 30.3 Å². The number of hydrogen-bond acceptors (Lipinski definition) is 8. The van der Waals surface area contributed by atoms with Gasteiger partial charge in [0.2, 0.25) is 0 Å². The van der Waals surface area contributed by atoms with Crippen molar-refractivity contribution >= 4 is 11.6 Å². The van der Waals surface area contributed by atoms with E-state index in [1.165, 1.54) is 50.9 Å². The molecule has 1 amide bonds. The van der Waals surface area contributed by atoms with Gasteiger partial charge >= 0.3 is 0 Å². The number of halogens is 1. The number of ether oxygens (including phenoxy) is 3. The van der Waals surface area contributed by atoms with Gasteiger partial charge in [-0.1, -0.05) is 55.3 Å². The van der Waals surface area contributed by atoms with Crippen molar-refractivity contribution < 1.29 is 55.8 Å². The summed E-state index contributed by atoms with van der Waals surface area (Å²) in [5.74, 6) is 1.76. The lowest BCUT2D eigenvalue weighted by Gasteiger charge is -2.53. The number of carbonyl (C=O) groups is 1. The highest BCUT2D eigenvalue weighted by molar-refractivity contribution is 5.96. The molecule has 5 N–H and O–H groups in total. The molecule has 4 atom stereocenters. The zero-order chi connectivity index (χ0) is 36.1. The first-order valence-electron chi connectivity index (χ1n) is 19.4. The predicted molar refractivity (Wildman–Crippen MR) is 199 cm³/mol. The fraction of sp³-hybridized carbons (Fsp3) is 0.548. The first-order chi connectivity index (χ1) is 25.2. The van der Waals surface area contributed by atoms with Crippen LogP contribution in [0.5, 0.6) is 17.2 Å². The van der Waals surface area contributed by atoms with Crippen LogP contribution in [0.2, 0.25) is 0 Å². The number of amides is 1. The Morgan fingerprint density at radius 1 is 1.04 bits per heavy atom. The Bertz CT molecular complexity index is 1650.